The highest BCUT2D eigenvalue weighted by atomic mass is 16.5. The molecular weight excluding hydrogens is 260 g/mol. The molecule has 0 saturated carbocycles. The van der Waals surface area contributed by atoms with Crippen LogP contribution in [0.4, 0.5) is 0 Å². The van der Waals surface area contributed by atoms with E-state index in [1.165, 1.54) is 38.9 Å². The molecule has 2 aromatic rings. The fourth-order valence-electron chi connectivity index (χ4n) is 2.91. The molecule has 2 aromatic carbocycles. The average Bonchev–Trinajstić information content (AvgIpc) is 2.46. The third-order valence-corrected chi connectivity index (χ3v) is 4.34. The smallest absolute Gasteiger partial charge is 0.130 e. The van der Waals surface area contributed by atoms with E-state index in [1.54, 1.807) is 14.2 Å². The van der Waals surface area contributed by atoms with Crippen LogP contribution in [0.25, 0.3) is 11.1 Å². The molecule has 112 valence electrons. The van der Waals surface area contributed by atoms with E-state index in [2.05, 4.69) is 46.8 Å². The van der Waals surface area contributed by atoms with Crippen LogP contribution in [0.1, 0.15) is 27.8 Å². The van der Waals surface area contributed by atoms with Gasteiger partial charge in [-0.3, -0.25) is 0 Å². The third kappa shape index (κ3) is 2.63. The molecule has 0 atom stereocenters. The van der Waals surface area contributed by atoms with E-state index < -0.39 is 0 Å². The van der Waals surface area contributed by atoms with E-state index >= 15 is 0 Å². The SMILES string of the molecule is COc1cc(C)c(-c2c(C)c(C)cc(C)c2C)c(OC)c1. The van der Waals surface area contributed by atoms with Gasteiger partial charge in [0.05, 0.1) is 14.2 Å². The lowest BCUT2D eigenvalue weighted by Crippen LogP contribution is -2.00. The molecule has 0 amide bonds. The van der Waals surface area contributed by atoms with Crippen LogP contribution in [0.5, 0.6) is 11.5 Å². The van der Waals surface area contributed by atoms with Crippen LogP contribution >= 0.6 is 0 Å². The van der Waals surface area contributed by atoms with E-state index in [4.69, 9.17) is 9.47 Å². The van der Waals surface area contributed by atoms with Gasteiger partial charge < -0.3 is 9.47 Å². The molecule has 0 N–H and O–H groups in total. The summed E-state index contributed by atoms with van der Waals surface area (Å²) < 4.78 is 11.0. The summed E-state index contributed by atoms with van der Waals surface area (Å²) in [4.78, 5) is 0. The van der Waals surface area contributed by atoms with Gasteiger partial charge in [0.25, 0.3) is 0 Å². The molecule has 0 aromatic heterocycles. The molecule has 0 heterocycles. The minimum atomic E-state index is 0.827. The van der Waals surface area contributed by atoms with Crippen LogP contribution in [0, 0.1) is 34.6 Å². The standard InChI is InChI=1S/C19H24O2/c1-11-8-12(2)15(5)19(14(11)4)18-13(3)9-16(20-6)10-17(18)21-7/h8-10H,1-7H3. The Hall–Kier alpha value is -1.96. The molecule has 0 unspecified atom stereocenters. The second-order valence-corrected chi connectivity index (χ2v) is 5.66. The fourth-order valence-corrected chi connectivity index (χ4v) is 2.91. The maximum absolute atomic E-state index is 5.63. The normalized spacial score (nSPS) is 10.6. The molecule has 0 bridgehead atoms. The van der Waals surface area contributed by atoms with Gasteiger partial charge in [-0.25, -0.2) is 0 Å². The highest BCUT2D eigenvalue weighted by molar-refractivity contribution is 5.81. The monoisotopic (exact) mass is 284 g/mol. The summed E-state index contributed by atoms with van der Waals surface area (Å²) in [5.74, 6) is 1.69. The lowest BCUT2D eigenvalue weighted by molar-refractivity contribution is 0.395. The Morgan fingerprint density at radius 1 is 0.619 bits per heavy atom. The zero-order valence-corrected chi connectivity index (χ0v) is 14.0. The molecule has 21 heavy (non-hydrogen) atoms. The molecule has 0 spiro atoms. The highest BCUT2D eigenvalue weighted by Gasteiger charge is 2.17. The number of benzene rings is 2. The fraction of sp³-hybridized carbons (Fsp3) is 0.368. The van der Waals surface area contributed by atoms with Crippen LogP contribution < -0.4 is 9.47 Å². The first-order valence-corrected chi connectivity index (χ1v) is 7.21. The van der Waals surface area contributed by atoms with Gasteiger partial charge in [-0.2, -0.15) is 0 Å². The molecule has 0 aliphatic heterocycles. The summed E-state index contributed by atoms with van der Waals surface area (Å²) in [5, 5.41) is 0. The number of aryl methyl sites for hydroxylation is 3. The molecule has 0 radical (unpaired) electrons. The summed E-state index contributed by atoms with van der Waals surface area (Å²) >= 11 is 0. The summed E-state index contributed by atoms with van der Waals surface area (Å²) in [7, 11) is 3.40. The number of rotatable bonds is 3. The Morgan fingerprint density at radius 2 is 1.19 bits per heavy atom. The largest absolute Gasteiger partial charge is 0.497 e. The van der Waals surface area contributed by atoms with Crippen molar-refractivity contribution in [3.63, 3.8) is 0 Å². The topological polar surface area (TPSA) is 18.5 Å². The lowest BCUT2D eigenvalue weighted by Gasteiger charge is -2.20. The van der Waals surface area contributed by atoms with Crippen LogP contribution in [-0.4, -0.2) is 14.2 Å². The van der Waals surface area contributed by atoms with Crippen LogP contribution in [0.2, 0.25) is 0 Å². The minimum Gasteiger partial charge on any atom is -0.497 e. The van der Waals surface area contributed by atoms with Crippen molar-refractivity contribution < 1.29 is 9.47 Å². The molecular formula is C19H24O2. The number of methoxy groups -OCH3 is 2. The van der Waals surface area contributed by atoms with Crippen molar-refractivity contribution in [1.29, 1.82) is 0 Å². The Morgan fingerprint density at radius 3 is 1.67 bits per heavy atom. The van der Waals surface area contributed by atoms with Gasteiger partial charge in [-0.05, 0) is 74.1 Å². The lowest BCUT2D eigenvalue weighted by atomic mass is 9.87. The second kappa shape index (κ2) is 5.80. The van der Waals surface area contributed by atoms with Crippen molar-refractivity contribution in [2.75, 3.05) is 14.2 Å². The molecule has 2 rings (SSSR count). The van der Waals surface area contributed by atoms with E-state index in [0.29, 0.717) is 0 Å². The van der Waals surface area contributed by atoms with Crippen molar-refractivity contribution >= 4 is 0 Å². The van der Waals surface area contributed by atoms with Gasteiger partial charge in [0.2, 0.25) is 0 Å². The predicted molar refractivity (Wildman–Crippen MR) is 88.7 cm³/mol. The van der Waals surface area contributed by atoms with E-state index in [0.717, 1.165) is 11.5 Å². The molecule has 0 saturated heterocycles. The number of hydrogen-bond acceptors (Lipinski definition) is 2. The number of ether oxygens (including phenoxy) is 2. The minimum absolute atomic E-state index is 0.827. The maximum atomic E-state index is 5.63. The first kappa shape index (κ1) is 15.4. The van der Waals surface area contributed by atoms with Gasteiger partial charge in [-0.1, -0.05) is 6.07 Å². The summed E-state index contributed by atoms with van der Waals surface area (Å²) in [6, 6.07) is 6.27. The van der Waals surface area contributed by atoms with E-state index in [9.17, 15) is 0 Å². The highest BCUT2D eigenvalue weighted by Crippen LogP contribution is 2.41. The zero-order valence-electron chi connectivity index (χ0n) is 14.0. The molecule has 0 fully saturated rings. The molecule has 2 nitrogen and oxygen atoms in total. The van der Waals surface area contributed by atoms with Gasteiger partial charge in [0, 0.05) is 11.6 Å². The molecule has 0 aliphatic rings. The molecule has 2 heteroatoms. The second-order valence-electron chi connectivity index (χ2n) is 5.66. The Labute approximate surface area is 127 Å². The van der Waals surface area contributed by atoms with Crippen molar-refractivity contribution in [3.05, 3.63) is 46.0 Å². The maximum Gasteiger partial charge on any atom is 0.130 e. The third-order valence-electron chi connectivity index (χ3n) is 4.34. The van der Waals surface area contributed by atoms with Gasteiger partial charge in [0.15, 0.2) is 0 Å². The van der Waals surface area contributed by atoms with Crippen LogP contribution in [0.3, 0.4) is 0 Å². The van der Waals surface area contributed by atoms with Crippen molar-refractivity contribution in [1.82, 2.24) is 0 Å². The molecule has 0 aliphatic carbocycles. The van der Waals surface area contributed by atoms with Crippen LogP contribution in [0.15, 0.2) is 18.2 Å². The first-order valence-electron chi connectivity index (χ1n) is 7.21. The quantitative estimate of drug-likeness (QED) is 0.797. The van der Waals surface area contributed by atoms with E-state index in [-0.39, 0.29) is 0 Å². The van der Waals surface area contributed by atoms with Crippen molar-refractivity contribution in [3.8, 4) is 22.6 Å². The number of hydrogen-bond donors (Lipinski definition) is 0. The summed E-state index contributed by atoms with van der Waals surface area (Å²) in [6.07, 6.45) is 0. The van der Waals surface area contributed by atoms with Crippen molar-refractivity contribution in [2.45, 2.75) is 34.6 Å². The summed E-state index contributed by atoms with van der Waals surface area (Å²) in [5.41, 5.74) is 8.86. The average molecular weight is 284 g/mol. The van der Waals surface area contributed by atoms with Gasteiger partial charge in [0.1, 0.15) is 11.5 Å². The summed E-state index contributed by atoms with van der Waals surface area (Å²) in [6.45, 7) is 10.8. The van der Waals surface area contributed by atoms with Crippen molar-refractivity contribution in [2.24, 2.45) is 0 Å². The first-order chi connectivity index (χ1) is 9.90. The van der Waals surface area contributed by atoms with Gasteiger partial charge >= 0.3 is 0 Å². The van der Waals surface area contributed by atoms with Gasteiger partial charge in [-0.15, -0.1) is 0 Å². The van der Waals surface area contributed by atoms with E-state index in [1.807, 2.05) is 6.07 Å². The Bertz CT molecular complexity index is 658. The Balaban J connectivity index is 2.85. The predicted octanol–water partition coefficient (Wildman–Crippen LogP) is 4.91. The zero-order chi connectivity index (χ0) is 15.7. The Kier molecular flexibility index (Phi) is 4.26. The van der Waals surface area contributed by atoms with Crippen LogP contribution in [-0.2, 0) is 0 Å².